The topological polar surface area (TPSA) is 109 Å². The van der Waals surface area contributed by atoms with Gasteiger partial charge in [-0.05, 0) is 49.4 Å². The van der Waals surface area contributed by atoms with E-state index in [1.54, 1.807) is 18.2 Å². The number of aromatic nitrogens is 5. The molecule has 2 heterocycles. The van der Waals surface area contributed by atoms with Crippen LogP contribution in [0.1, 0.15) is 11.6 Å². The summed E-state index contributed by atoms with van der Waals surface area (Å²) in [5, 5.41) is 9.63. The predicted octanol–water partition coefficient (Wildman–Crippen LogP) is 2.95. The van der Waals surface area contributed by atoms with E-state index >= 15 is 0 Å². The molecule has 0 atom stereocenters. The minimum atomic E-state index is -0.341. The summed E-state index contributed by atoms with van der Waals surface area (Å²) >= 11 is 0. The summed E-state index contributed by atoms with van der Waals surface area (Å²) in [5.41, 5.74) is 2.72. The van der Waals surface area contributed by atoms with E-state index in [9.17, 15) is 9.18 Å². The van der Waals surface area contributed by atoms with Crippen LogP contribution in [0.25, 0.3) is 22.4 Å². The second-order valence-corrected chi connectivity index (χ2v) is 6.21. The van der Waals surface area contributed by atoms with Crippen molar-refractivity contribution in [3.05, 3.63) is 59.9 Å². The van der Waals surface area contributed by atoms with E-state index in [0.717, 1.165) is 11.4 Å². The van der Waals surface area contributed by atoms with E-state index in [-0.39, 0.29) is 24.9 Å². The van der Waals surface area contributed by atoms with Gasteiger partial charge in [-0.3, -0.25) is 9.89 Å². The number of rotatable bonds is 6. The van der Waals surface area contributed by atoms with Gasteiger partial charge in [-0.25, -0.2) is 14.4 Å². The first-order valence-corrected chi connectivity index (χ1v) is 8.58. The lowest BCUT2D eigenvalue weighted by Gasteiger charge is -2.06. The summed E-state index contributed by atoms with van der Waals surface area (Å²) < 4.78 is 18.6. The van der Waals surface area contributed by atoms with Crippen LogP contribution >= 0.6 is 0 Å². The van der Waals surface area contributed by atoms with Crippen molar-refractivity contribution in [2.75, 3.05) is 11.9 Å². The average Bonchev–Trinajstić information content (AvgIpc) is 3.28. The highest BCUT2D eigenvalue weighted by Crippen LogP contribution is 2.18. The monoisotopic (exact) mass is 380 g/mol. The van der Waals surface area contributed by atoms with Gasteiger partial charge in [0.2, 0.25) is 5.91 Å². The zero-order valence-electron chi connectivity index (χ0n) is 15.0. The van der Waals surface area contributed by atoms with Crippen molar-refractivity contribution in [3.8, 4) is 11.4 Å². The molecule has 142 valence electrons. The lowest BCUT2D eigenvalue weighted by molar-refractivity contribution is -0.121. The first-order valence-electron chi connectivity index (χ1n) is 8.58. The maximum atomic E-state index is 13.2. The molecule has 0 unspecified atom stereocenters. The third-order valence-electron chi connectivity index (χ3n) is 3.99. The number of H-pyrrole nitrogens is 2. The fraction of sp³-hybridized carbons (Fsp3) is 0.158. The second kappa shape index (κ2) is 7.57. The van der Waals surface area contributed by atoms with Gasteiger partial charge in [0.15, 0.2) is 5.82 Å². The molecule has 0 aliphatic rings. The highest BCUT2D eigenvalue weighted by atomic mass is 19.1. The molecule has 0 saturated heterocycles. The van der Waals surface area contributed by atoms with Crippen molar-refractivity contribution in [3.63, 3.8) is 0 Å². The molecule has 3 N–H and O–H groups in total. The molecule has 0 aliphatic heterocycles. The van der Waals surface area contributed by atoms with Crippen LogP contribution < -0.4 is 5.32 Å². The van der Waals surface area contributed by atoms with Gasteiger partial charge < -0.3 is 15.0 Å². The van der Waals surface area contributed by atoms with Gasteiger partial charge in [-0.2, -0.15) is 5.10 Å². The normalized spacial score (nSPS) is 11.1. The number of halogens is 1. The van der Waals surface area contributed by atoms with Gasteiger partial charge in [-0.15, -0.1) is 0 Å². The number of aromatic amines is 2. The number of amides is 1. The molecular weight excluding hydrogens is 363 g/mol. The number of carbonyl (C=O) groups excluding carboxylic acids is 1. The van der Waals surface area contributed by atoms with Crippen LogP contribution in [0.15, 0.2) is 42.5 Å². The molecule has 4 aromatic rings. The van der Waals surface area contributed by atoms with Gasteiger partial charge in [0, 0.05) is 11.3 Å². The fourth-order valence-corrected chi connectivity index (χ4v) is 2.71. The summed E-state index contributed by atoms with van der Waals surface area (Å²) in [4.78, 5) is 23.5. The molecule has 0 radical (unpaired) electrons. The molecule has 9 heteroatoms. The first kappa shape index (κ1) is 17.8. The van der Waals surface area contributed by atoms with Crippen molar-refractivity contribution in [1.29, 1.82) is 0 Å². The first-order chi connectivity index (χ1) is 13.6. The van der Waals surface area contributed by atoms with E-state index in [1.165, 1.54) is 12.1 Å². The number of nitrogens with one attached hydrogen (secondary N) is 3. The molecule has 28 heavy (non-hydrogen) atoms. The van der Waals surface area contributed by atoms with E-state index in [0.29, 0.717) is 28.4 Å². The van der Waals surface area contributed by atoms with Crippen LogP contribution in [0.2, 0.25) is 0 Å². The quantitative estimate of drug-likeness (QED) is 0.477. The molecule has 2 aromatic carbocycles. The smallest absolute Gasteiger partial charge is 0.250 e. The molecule has 1 amide bonds. The number of anilines is 1. The number of aryl methyl sites for hydroxylation is 1. The molecule has 0 fully saturated rings. The second-order valence-electron chi connectivity index (χ2n) is 6.21. The highest BCUT2D eigenvalue weighted by molar-refractivity contribution is 5.91. The Morgan fingerprint density at radius 1 is 1.18 bits per heavy atom. The molecule has 4 rings (SSSR count). The third kappa shape index (κ3) is 4.04. The fourth-order valence-electron chi connectivity index (χ4n) is 2.71. The van der Waals surface area contributed by atoms with Crippen molar-refractivity contribution in [1.82, 2.24) is 25.1 Å². The minimum Gasteiger partial charge on any atom is -0.364 e. The lowest BCUT2D eigenvalue weighted by Crippen LogP contribution is -2.18. The molecule has 0 aliphatic carbocycles. The molecule has 2 aromatic heterocycles. The number of hydrogen-bond donors (Lipinski definition) is 3. The zero-order chi connectivity index (χ0) is 19.5. The number of fused-ring (bicyclic) bond motifs is 1. The Morgan fingerprint density at radius 3 is 2.75 bits per heavy atom. The number of benzene rings is 2. The van der Waals surface area contributed by atoms with Crippen LogP contribution in [-0.4, -0.2) is 37.7 Å². The summed E-state index contributed by atoms with van der Waals surface area (Å²) in [6, 6.07) is 11.5. The maximum absolute atomic E-state index is 13.2. The number of ether oxygens (including phenoxy) is 1. The van der Waals surface area contributed by atoms with Crippen LogP contribution in [-0.2, 0) is 16.1 Å². The Balaban J connectivity index is 1.29. The Kier molecular flexibility index (Phi) is 4.81. The number of hydrogen-bond acceptors (Lipinski definition) is 5. The summed E-state index contributed by atoms with van der Waals surface area (Å²) in [7, 11) is 0. The van der Waals surface area contributed by atoms with Crippen molar-refractivity contribution >= 4 is 22.6 Å². The van der Waals surface area contributed by atoms with E-state index in [4.69, 9.17) is 4.74 Å². The van der Waals surface area contributed by atoms with Gasteiger partial charge >= 0.3 is 0 Å². The third-order valence-corrected chi connectivity index (χ3v) is 3.99. The van der Waals surface area contributed by atoms with E-state index in [1.807, 2.05) is 19.1 Å². The Bertz CT molecular complexity index is 1120. The van der Waals surface area contributed by atoms with Crippen LogP contribution in [0, 0.1) is 12.7 Å². The summed E-state index contributed by atoms with van der Waals surface area (Å²) in [5.74, 6) is 1.24. The standard InChI is InChI=1S/C19H17FN6O2/c1-11-21-19(26-25-11)12-2-5-14(6-3-12)22-18(27)10-28-9-17-23-15-7-4-13(20)8-16(15)24-17/h2-8H,9-10H2,1H3,(H,22,27)(H,23,24)(H,21,25,26). The number of carbonyl (C=O) groups is 1. The predicted molar refractivity (Wildman–Crippen MR) is 101 cm³/mol. The van der Waals surface area contributed by atoms with Crippen LogP contribution in [0.3, 0.4) is 0 Å². The van der Waals surface area contributed by atoms with Gasteiger partial charge in [0.25, 0.3) is 0 Å². The molecule has 0 saturated carbocycles. The van der Waals surface area contributed by atoms with Crippen LogP contribution in [0.4, 0.5) is 10.1 Å². The van der Waals surface area contributed by atoms with Crippen molar-refractivity contribution in [2.45, 2.75) is 13.5 Å². The highest BCUT2D eigenvalue weighted by Gasteiger charge is 2.08. The molecule has 0 bridgehead atoms. The average molecular weight is 380 g/mol. The number of nitrogens with zero attached hydrogens (tertiary/aromatic N) is 3. The Morgan fingerprint density at radius 2 is 2.00 bits per heavy atom. The SMILES string of the molecule is Cc1nc(-c2ccc(NC(=O)COCc3nc4ccc(F)cc4[nH]3)cc2)n[nH]1. The van der Waals surface area contributed by atoms with E-state index < -0.39 is 0 Å². The van der Waals surface area contributed by atoms with Gasteiger partial charge in [0.1, 0.15) is 30.7 Å². The molecule has 0 spiro atoms. The Labute approximate surface area is 159 Å². The number of imidazole rings is 1. The molecular formula is C19H17FN6O2. The lowest BCUT2D eigenvalue weighted by atomic mass is 10.2. The zero-order valence-corrected chi connectivity index (χ0v) is 15.0. The van der Waals surface area contributed by atoms with Gasteiger partial charge in [-0.1, -0.05) is 0 Å². The van der Waals surface area contributed by atoms with Gasteiger partial charge in [0.05, 0.1) is 11.0 Å². The molecule has 8 nitrogen and oxygen atoms in total. The van der Waals surface area contributed by atoms with Crippen molar-refractivity contribution in [2.24, 2.45) is 0 Å². The summed E-state index contributed by atoms with van der Waals surface area (Å²) in [6.45, 7) is 1.81. The minimum absolute atomic E-state index is 0.118. The van der Waals surface area contributed by atoms with E-state index in [2.05, 4.69) is 30.5 Å². The van der Waals surface area contributed by atoms with Crippen LogP contribution in [0.5, 0.6) is 0 Å². The largest absolute Gasteiger partial charge is 0.364 e. The Hall–Kier alpha value is -3.59. The maximum Gasteiger partial charge on any atom is 0.250 e. The van der Waals surface area contributed by atoms with Crippen molar-refractivity contribution < 1.29 is 13.9 Å². The summed E-state index contributed by atoms with van der Waals surface area (Å²) in [6.07, 6.45) is 0.